The number of nitriles is 2. The monoisotopic (exact) mass is 426 g/mol. The van der Waals surface area contributed by atoms with Gasteiger partial charge in [-0.1, -0.05) is 32.4 Å². The maximum absolute atomic E-state index is 12.6. The van der Waals surface area contributed by atoms with Gasteiger partial charge in [0.1, 0.15) is 29.0 Å². The Bertz CT molecular complexity index is 1170. The second kappa shape index (κ2) is 10.7. The van der Waals surface area contributed by atoms with Crippen LogP contribution in [0.25, 0.3) is 11.4 Å². The number of aryl methyl sites for hydroxylation is 1. The summed E-state index contributed by atoms with van der Waals surface area (Å²) < 4.78 is 10.9. The van der Waals surface area contributed by atoms with Crippen LogP contribution < -0.4 is 9.47 Å². The normalized spacial score (nSPS) is 10.1. The lowest BCUT2D eigenvalue weighted by Crippen LogP contribution is -2.10. The number of esters is 1. The smallest absolute Gasteiger partial charge is 0.343 e. The highest BCUT2D eigenvalue weighted by Crippen LogP contribution is 2.30. The SMILES string of the molecule is CCCOc1ccc(OC(=O)c2ccc(-c3ncc(CCC)cn3)cc2)c(C#N)c1C#N. The van der Waals surface area contributed by atoms with Gasteiger partial charge >= 0.3 is 5.97 Å². The Hall–Kier alpha value is -4.23. The molecule has 32 heavy (non-hydrogen) atoms. The molecule has 0 unspecified atom stereocenters. The summed E-state index contributed by atoms with van der Waals surface area (Å²) >= 11 is 0. The van der Waals surface area contributed by atoms with E-state index in [1.54, 1.807) is 36.7 Å². The highest BCUT2D eigenvalue weighted by atomic mass is 16.5. The highest BCUT2D eigenvalue weighted by molar-refractivity contribution is 5.92. The fraction of sp³-hybridized carbons (Fsp3) is 0.240. The number of carbonyl (C=O) groups is 1. The van der Waals surface area contributed by atoms with E-state index in [0.29, 0.717) is 23.7 Å². The minimum atomic E-state index is -0.640. The van der Waals surface area contributed by atoms with Crippen LogP contribution in [0.1, 0.15) is 53.7 Å². The Morgan fingerprint density at radius 3 is 2.12 bits per heavy atom. The molecule has 3 rings (SSSR count). The summed E-state index contributed by atoms with van der Waals surface area (Å²) in [6, 6.07) is 13.6. The molecular weight excluding hydrogens is 404 g/mol. The Labute approximate surface area is 186 Å². The van der Waals surface area contributed by atoms with Crippen molar-refractivity contribution in [3.8, 4) is 35.0 Å². The van der Waals surface area contributed by atoms with E-state index >= 15 is 0 Å². The van der Waals surface area contributed by atoms with Crippen molar-refractivity contribution in [1.29, 1.82) is 10.5 Å². The summed E-state index contributed by atoms with van der Waals surface area (Å²) in [6.45, 7) is 4.45. The minimum Gasteiger partial charge on any atom is -0.492 e. The number of hydrogen-bond donors (Lipinski definition) is 0. The molecule has 0 aliphatic rings. The molecule has 0 spiro atoms. The fourth-order valence-corrected chi connectivity index (χ4v) is 3.04. The molecule has 1 aromatic heterocycles. The van der Waals surface area contributed by atoms with E-state index in [1.807, 2.05) is 19.1 Å². The number of rotatable bonds is 8. The molecule has 0 amide bonds. The molecule has 7 nitrogen and oxygen atoms in total. The third-order valence-corrected chi connectivity index (χ3v) is 4.64. The molecule has 7 heteroatoms. The van der Waals surface area contributed by atoms with E-state index in [9.17, 15) is 15.3 Å². The third-order valence-electron chi connectivity index (χ3n) is 4.64. The molecule has 0 saturated heterocycles. The summed E-state index contributed by atoms with van der Waals surface area (Å²) in [4.78, 5) is 21.4. The molecule has 0 N–H and O–H groups in total. The summed E-state index contributed by atoms with van der Waals surface area (Å²) in [5, 5.41) is 19.0. The van der Waals surface area contributed by atoms with Gasteiger partial charge in [-0.3, -0.25) is 0 Å². The standard InChI is InChI=1S/C25H22N4O3/c1-3-5-17-15-28-24(29-16-17)18-6-8-19(9-7-18)25(30)32-23-11-10-22(31-12-4-2)20(13-26)21(23)14-27/h6-11,15-16H,3-5,12H2,1-2H3. The topological polar surface area (TPSA) is 109 Å². The average molecular weight is 426 g/mol. The van der Waals surface area contributed by atoms with Crippen molar-refractivity contribution in [3.05, 3.63) is 71.0 Å². The van der Waals surface area contributed by atoms with Crippen molar-refractivity contribution >= 4 is 5.97 Å². The second-order valence-corrected chi connectivity index (χ2v) is 7.02. The Morgan fingerprint density at radius 2 is 1.53 bits per heavy atom. The molecule has 0 saturated carbocycles. The lowest BCUT2D eigenvalue weighted by atomic mass is 10.1. The van der Waals surface area contributed by atoms with Gasteiger partial charge in [0, 0.05) is 18.0 Å². The van der Waals surface area contributed by atoms with Gasteiger partial charge < -0.3 is 9.47 Å². The molecule has 160 valence electrons. The van der Waals surface area contributed by atoms with Crippen LogP contribution in [-0.4, -0.2) is 22.5 Å². The summed E-state index contributed by atoms with van der Waals surface area (Å²) in [5.41, 5.74) is 2.15. The first-order valence-corrected chi connectivity index (χ1v) is 10.3. The van der Waals surface area contributed by atoms with Crippen molar-refractivity contribution in [3.63, 3.8) is 0 Å². The van der Waals surface area contributed by atoms with Crippen LogP contribution >= 0.6 is 0 Å². The minimum absolute atomic E-state index is 0.0109. The first-order valence-electron chi connectivity index (χ1n) is 10.3. The zero-order valence-electron chi connectivity index (χ0n) is 18.0. The van der Waals surface area contributed by atoms with E-state index in [-0.39, 0.29) is 16.9 Å². The highest BCUT2D eigenvalue weighted by Gasteiger charge is 2.19. The van der Waals surface area contributed by atoms with Crippen molar-refractivity contribution in [2.75, 3.05) is 6.61 Å². The third kappa shape index (κ3) is 5.08. The molecule has 3 aromatic rings. The molecule has 2 aromatic carbocycles. The van der Waals surface area contributed by atoms with E-state index in [2.05, 4.69) is 16.9 Å². The van der Waals surface area contributed by atoms with Gasteiger partial charge in [-0.2, -0.15) is 10.5 Å². The fourth-order valence-electron chi connectivity index (χ4n) is 3.04. The van der Waals surface area contributed by atoms with Crippen LogP contribution in [0.4, 0.5) is 0 Å². The molecule has 0 aliphatic carbocycles. The van der Waals surface area contributed by atoms with Crippen LogP contribution in [0.5, 0.6) is 11.5 Å². The van der Waals surface area contributed by atoms with Gasteiger partial charge in [0.25, 0.3) is 0 Å². The molecule has 1 heterocycles. The van der Waals surface area contributed by atoms with Gasteiger partial charge in [-0.15, -0.1) is 0 Å². The van der Waals surface area contributed by atoms with Gasteiger partial charge in [-0.05, 0) is 42.7 Å². The molecule has 0 aliphatic heterocycles. The zero-order chi connectivity index (χ0) is 22.9. The number of carbonyl (C=O) groups excluding carboxylic acids is 1. The second-order valence-electron chi connectivity index (χ2n) is 7.02. The number of hydrogen-bond acceptors (Lipinski definition) is 7. The van der Waals surface area contributed by atoms with E-state index < -0.39 is 5.97 Å². The van der Waals surface area contributed by atoms with E-state index in [0.717, 1.165) is 30.4 Å². The molecule has 0 fully saturated rings. The van der Waals surface area contributed by atoms with E-state index in [1.165, 1.54) is 12.1 Å². The van der Waals surface area contributed by atoms with Gasteiger partial charge in [0.2, 0.25) is 0 Å². The number of ether oxygens (including phenoxy) is 2. The van der Waals surface area contributed by atoms with Gasteiger partial charge in [0.15, 0.2) is 11.6 Å². The summed E-state index contributed by atoms with van der Waals surface area (Å²) in [6.07, 6.45) is 6.32. The van der Waals surface area contributed by atoms with Crippen molar-refractivity contribution in [2.24, 2.45) is 0 Å². The first kappa shape index (κ1) is 22.5. The quantitative estimate of drug-likeness (QED) is 0.374. The Kier molecular flexibility index (Phi) is 7.51. The van der Waals surface area contributed by atoms with Crippen LogP contribution in [0.3, 0.4) is 0 Å². The van der Waals surface area contributed by atoms with Crippen molar-refractivity contribution in [2.45, 2.75) is 33.1 Å². The summed E-state index contributed by atoms with van der Waals surface area (Å²) in [7, 11) is 0. The predicted octanol–water partition coefficient (Wildman–Crippen LogP) is 4.85. The van der Waals surface area contributed by atoms with E-state index in [4.69, 9.17) is 9.47 Å². The largest absolute Gasteiger partial charge is 0.492 e. The van der Waals surface area contributed by atoms with Crippen LogP contribution in [0.15, 0.2) is 48.8 Å². The van der Waals surface area contributed by atoms with Crippen molar-refractivity contribution < 1.29 is 14.3 Å². The maximum Gasteiger partial charge on any atom is 0.343 e. The van der Waals surface area contributed by atoms with Gasteiger partial charge in [0.05, 0.1) is 12.2 Å². The number of benzene rings is 2. The zero-order valence-corrected chi connectivity index (χ0v) is 18.0. The lowest BCUT2D eigenvalue weighted by molar-refractivity contribution is 0.0734. The first-order chi connectivity index (χ1) is 15.6. The maximum atomic E-state index is 12.6. The van der Waals surface area contributed by atoms with Gasteiger partial charge in [-0.25, -0.2) is 14.8 Å². The van der Waals surface area contributed by atoms with Crippen LogP contribution in [-0.2, 0) is 6.42 Å². The number of nitrogens with zero attached hydrogens (tertiary/aromatic N) is 4. The Balaban J connectivity index is 1.79. The number of aromatic nitrogens is 2. The van der Waals surface area contributed by atoms with Crippen LogP contribution in [0, 0.1) is 22.7 Å². The average Bonchev–Trinajstić information content (AvgIpc) is 2.83. The molecule has 0 radical (unpaired) electrons. The molecule has 0 bridgehead atoms. The Morgan fingerprint density at radius 1 is 0.906 bits per heavy atom. The van der Waals surface area contributed by atoms with Crippen molar-refractivity contribution in [1.82, 2.24) is 9.97 Å². The predicted molar refractivity (Wildman–Crippen MR) is 118 cm³/mol. The lowest BCUT2D eigenvalue weighted by Gasteiger charge is -2.11. The molecular formula is C25H22N4O3. The van der Waals surface area contributed by atoms with Crippen LogP contribution in [0.2, 0.25) is 0 Å². The molecule has 0 atom stereocenters. The summed E-state index contributed by atoms with van der Waals surface area (Å²) in [5.74, 6) is 0.230.